The Hall–Kier alpha value is -1.93. The Kier molecular flexibility index (Phi) is 3.41. The summed E-state index contributed by atoms with van der Waals surface area (Å²) in [5.74, 6) is 0.0364. The topological polar surface area (TPSA) is 37.3 Å². The molecule has 0 radical (unpaired) electrons. The molecule has 0 bridgehead atoms. The molecule has 1 fully saturated rings. The van der Waals surface area contributed by atoms with Gasteiger partial charge in [-0.3, -0.25) is 4.79 Å². The summed E-state index contributed by atoms with van der Waals surface area (Å²) in [7, 11) is 0. The average Bonchev–Trinajstić information content (AvgIpc) is 2.91. The molecule has 2 aromatic carbocycles. The normalized spacial score (nSPS) is 25.6. The summed E-state index contributed by atoms with van der Waals surface area (Å²) in [6.45, 7) is 0. The van der Waals surface area contributed by atoms with Crippen LogP contribution in [0.1, 0.15) is 35.2 Å². The van der Waals surface area contributed by atoms with Crippen molar-refractivity contribution in [3.63, 3.8) is 0 Å². The van der Waals surface area contributed by atoms with Crippen LogP contribution >= 0.6 is 0 Å². The quantitative estimate of drug-likeness (QED) is 0.865. The van der Waals surface area contributed by atoms with E-state index in [0.29, 0.717) is 18.4 Å². The highest BCUT2D eigenvalue weighted by Crippen LogP contribution is 2.43. The van der Waals surface area contributed by atoms with Crippen LogP contribution in [0.3, 0.4) is 0 Å². The van der Waals surface area contributed by atoms with Gasteiger partial charge < -0.3 is 5.11 Å². The summed E-state index contributed by atoms with van der Waals surface area (Å²) < 4.78 is 0. The summed E-state index contributed by atoms with van der Waals surface area (Å²) in [4.78, 5) is 13.0. The molecule has 2 aromatic rings. The number of carbonyl (C=O) groups excluding carboxylic acids is 1. The molecule has 102 valence electrons. The lowest BCUT2D eigenvalue weighted by Crippen LogP contribution is -2.42. The van der Waals surface area contributed by atoms with Gasteiger partial charge in [0.05, 0.1) is 11.5 Å². The minimum Gasteiger partial charge on any atom is -0.392 e. The smallest absolute Gasteiger partial charge is 0.175 e. The molecule has 1 N–H and O–H groups in total. The van der Waals surface area contributed by atoms with Crippen LogP contribution in [0.5, 0.6) is 0 Å². The van der Waals surface area contributed by atoms with E-state index >= 15 is 0 Å². The van der Waals surface area contributed by atoms with E-state index in [1.807, 2.05) is 60.7 Å². The van der Waals surface area contributed by atoms with Crippen LogP contribution in [-0.2, 0) is 5.41 Å². The minimum absolute atomic E-state index is 0.0364. The van der Waals surface area contributed by atoms with E-state index in [9.17, 15) is 9.90 Å². The van der Waals surface area contributed by atoms with E-state index in [1.165, 1.54) is 0 Å². The van der Waals surface area contributed by atoms with E-state index in [0.717, 1.165) is 12.0 Å². The van der Waals surface area contributed by atoms with Crippen LogP contribution < -0.4 is 0 Å². The monoisotopic (exact) mass is 266 g/mol. The van der Waals surface area contributed by atoms with Crippen molar-refractivity contribution in [3.05, 3.63) is 71.8 Å². The van der Waals surface area contributed by atoms with Gasteiger partial charge in [0.15, 0.2) is 5.78 Å². The van der Waals surface area contributed by atoms with Crippen LogP contribution in [0, 0.1) is 0 Å². The van der Waals surface area contributed by atoms with Crippen molar-refractivity contribution in [2.45, 2.75) is 30.8 Å². The summed E-state index contributed by atoms with van der Waals surface area (Å²) >= 11 is 0. The van der Waals surface area contributed by atoms with Crippen molar-refractivity contribution in [1.82, 2.24) is 0 Å². The van der Waals surface area contributed by atoms with Crippen LogP contribution in [0.25, 0.3) is 0 Å². The fourth-order valence-corrected chi connectivity index (χ4v) is 3.30. The third-order valence-corrected chi connectivity index (χ3v) is 4.35. The SMILES string of the molecule is O=C(c1ccccc1)[C@@]1(c2ccccc2)CCC[C@@H]1O. The number of Topliss-reactive ketones (excluding diaryl/α,β-unsaturated/α-hetero) is 1. The molecule has 0 amide bonds. The zero-order valence-corrected chi connectivity index (χ0v) is 11.3. The minimum atomic E-state index is -0.775. The first-order valence-corrected chi connectivity index (χ1v) is 7.08. The van der Waals surface area contributed by atoms with Crippen molar-refractivity contribution >= 4 is 5.78 Å². The molecule has 0 aromatic heterocycles. The van der Waals surface area contributed by atoms with Crippen molar-refractivity contribution < 1.29 is 9.90 Å². The summed E-state index contributed by atoms with van der Waals surface area (Å²) in [5.41, 5.74) is 0.832. The first kappa shape index (κ1) is 13.1. The number of rotatable bonds is 3. The van der Waals surface area contributed by atoms with Crippen molar-refractivity contribution in [2.75, 3.05) is 0 Å². The Balaban J connectivity index is 2.10. The first-order valence-electron chi connectivity index (χ1n) is 7.08. The average molecular weight is 266 g/mol. The second kappa shape index (κ2) is 5.22. The molecular weight excluding hydrogens is 248 g/mol. The number of hydrogen-bond donors (Lipinski definition) is 1. The Morgan fingerprint density at radius 1 is 1.00 bits per heavy atom. The molecule has 3 rings (SSSR count). The fourth-order valence-electron chi connectivity index (χ4n) is 3.30. The third-order valence-electron chi connectivity index (χ3n) is 4.35. The molecule has 0 unspecified atom stereocenters. The number of ketones is 1. The van der Waals surface area contributed by atoms with Crippen molar-refractivity contribution in [3.8, 4) is 0 Å². The second-order valence-electron chi connectivity index (χ2n) is 5.44. The highest BCUT2D eigenvalue weighted by atomic mass is 16.3. The summed E-state index contributed by atoms with van der Waals surface area (Å²) in [6, 6.07) is 19.0. The fraction of sp³-hybridized carbons (Fsp3) is 0.278. The Morgan fingerprint density at radius 3 is 2.15 bits per heavy atom. The van der Waals surface area contributed by atoms with Crippen LogP contribution in [-0.4, -0.2) is 17.0 Å². The predicted molar refractivity (Wildman–Crippen MR) is 78.8 cm³/mol. The number of aliphatic hydroxyl groups is 1. The Morgan fingerprint density at radius 2 is 1.60 bits per heavy atom. The Bertz CT molecular complexity index is 591. The van der Waals surface area contributed by atoms with Gasteiger partial charge in [-0.2, -0.15) is 0 Å². The van der Waals surface area contributed by atoms with E-state index in [2.05, 4.69) is 0 Å². The number of carbonyl (C=O) groups is 1. The molecule has 0 saturated heterocycles. The molecule has 0 aliphatic heterocycles. The maximum absolute atomic E-state index is 13.0. The van der Waals surface area contributed by atoms with Gasteiger partial charge in [-0.15, -0.1) is 0 Å². The van der Waals surface area contributed by atoms with Crippen molar-refractivity contribution in [2.24, 2.45) is 0 Å². The van der Waals surface area contributed by atoms with E-state index in [4.69, 9.17) is 0 Å². The van der Waals surface area contributed by atoms with Gasteiger partial charge in [0.25, 0.3) is 0 Å². The zero-order chi connectivity index (χ0) is 14.0. The zero-order valence-electron chi connectivity index (χ0n) is 11.3. The van der Waals surface area contributed by atoms with Crippen molar-refractivity contribution in [1.29, 1.82) is 0 Å². The summed E-state index contributed by atoms with van der Waals surface area (Å²) in [5, 5.41) is 10.5. The highest BCUT2D eigenvalue weighted by molar-refractivity contribution is 6.04. The molecule has 20 heavy (non-hydrogen) atoms. The van der Waals surface area contributed by atoms with Gasteiger partial charge in [0.1, 0.15) is 0 Å². The maximum atomic E-state index is 13.0. The van der Waals surface area contributed by atoms with E-state index in [1.54, 1.807) is 0 Å². The van der Waals surface area contributed by atoms with E-state index < -0.39 is 11.5 Å². The number of benzene rings is 2. The largest absolute Gasteiger partial charge is 0.392 e. The van der Waals surface area contributed by atoms with Gasteiger partial charge in [0.2, 0.25) is 0 Å². The molecule has 1 aliphatic carbocycles. The molecular formula is C18H18O2. The number of hydrogen-bond acceptors (Lipinski definition) is 2. The lowest BCUT2D eigenvalue weighted by Gasteiger charge is -2.32. The highest BCUT2D eigenvalue weighted by Gasteiger charge is 2.49. The van der Waals surface area contributed by atoms with Crippen LogP contribution in [0.2, 0.25) is 0 Å². The van der Waals surface area contributed by atoms with Gasteiger partial charge in [-0.05, 0) is 24.8 Å². The second-order valence-corrected chi connectivity index (χ2v) is 5.44. The van der Waals surface area contributed by atoms with Crippen LogP contribution in [0.15, 0.2) is 60.7 Å². The first-order chi connectivity index (χ1) is 9.75. The molecule has 2 heteroatoms. The van der Waals surface area contributed by atoms with E-state index in [-0.39, 0.29) is 5.78 Å². The molecule has 2 nitrogen and oxygen atoms in total. The maximum Gasteiger partial charge on any atom is 0.175 e. The van der Waals surface area contributed by atoms with Gasteiger partial charge in [-0.25, -0.2) is 0 Å². The summed E-state index contributed by atoms with van der Waals surface area (Å²) in [6.07, 6.45) is 1.69. The van der Waals surface area contributed by atoms with Crippen LogP contribution in [0.4, 0.5) is 0 Å². The number of aliphatic hydroxyl groups excluding tert-OH is 1. The van der Waals surface area contributed by atoms with Gasteiger partial charge in [0, 0.05) is 5.56 Å². The van der Waals surface area contributed by atoms with Gasteiger partial charge >= 0.3 is 0 Å². The standard InChI is InChI=1S/C18H18O2/c19-16-12-7-13-18(16,15-10-5-2-6-11-15)17(20)14-8-3-1-4-9-14/h1-6,8-11,16,19H,7,12-13H2/t16-,18+/m0/s1. The lowest BCUT2D eigenvalue weighted by molar-refractivity contribution is 0.0655. The van der Waals surface area contributed by atoms with Gasteiger partial charge in [-0.1, -0.05) is 60.7 Å². The molecule has 0 heterocycles. The molecule has 1 aliphatic rings. The molecule has 2 atom stereocenters. The lowest BCUT2D eigenvalue weighted by atomic mass is 9.71. The Labute approximate surface area is 119 Å². The molecule has 0 spiro atoms. The third kappa shape index (κ3) is 1.97. The predicted octanol–water partition coefficient (Wildman–Crippen LogP) is 3.35. The molecule has 1 saturated carbocycles.